The normalized spacial score (nSPS) is 34.8. The lowest BCUT2D eigenvalue weighted by Gasteiger charge is -2.27. The number of carbonyl (C=O) groups excluding carboxylic acids is 2. The van der Waals surface area contributed by atoms with Gasteiger partial charge in [0.15, 0.2) is 5.78 Å². The number of rotatable bonds is 1. The second-order valence-corrected chi connectivity index (χ2v) is 3.96. The van der Waals surface area contributed by atoms with Crippen molar-refractivity contribution in [3.8, 4) is 0 Å². The molecule has 0 spiro atoms. The van der Waals surface area contributed by atoms with Gasteiger partial charge in [-0.3, -0.25) is 9.59 Å². The third-order valence-electron chi connectivity index (χ3n) is 2.68. The quantitative estimate of drug-likeness (QED) is 0.641. The smallest absolute Gasteiger partial charge is 0.172 e. The highest BCUT2D eigenvalue weighted by molar-refractivity contribution is 6.42. The molecule has 0 aromatic rings. The highest BCUT2D eigenvalue weighted by atomic mass is 35.5. The molecule has 2 unspecified atom stereocenters. The molecule has 70 valence electrons. The van der Waals surface area contributed by atoms with Crippen LogP contribution in [0.2, 0.25) is 0 Å². The average Bonchev–Trinajstić information content (AvgIpc) is 2.41. The van der Waals surface area contributed by atoms with Crippen LogP contribution in [0.15, 0.2) is 10.7 Å². The Bertz CT molecular complexity index is 322. The molecular formula is C9H10ClNO2. The molecule has 2 aliphatic rings. The van der Waals surface area contributed by atoms with Crippen LogP contribution in [0.1, 0.15) is 19.8 Å². The molecule has 13 heavy (non-hydrogen) atoms. The van der Waals surface area contributed by atoms with E-state index in [4.69, 9.17) is 11.6 Å². The average molecular weight is 200 g/mol. The molecule has 1 saturated heterocycles. The largest absolute Gasteiger partial charge is 0.383 e. The van der Waals surface area contributed by atoms with E-state index in [0.717, 1.165) is 5.70 Å². The molecule has 1 aliphatic heterocycles. The number of nitrogens with one attached hydrogen (secondary N) is 1. The molecule has 2 rings (SSSR count). The van der Waals surface area contributed by atoms with Crippen LogP contribution in [0, 0.1) is 5.92 Å². The molecule has 0 bridgehead atoms. The van der Waals surface area contributed by atoms with Crippen molar-refractivity contribution in [1.82, 2.24) is 5.32 Å². The summed E-state index contributed by atoms with van der Waals surface area (Å²) < 4.78 is 0. The van der Waals surface area contributed by atoms with Crippen LogP contribution < -0.4 is 5.32 Å². The van der Waals surface area contributed by atoms with Gasteiger partial charge in [0.25, 0.3) is 0 Å². The number of ketones is 2. The van der Waals surface area contributed by atoms with Crippen LogP contribution in [0.3, 0.4) is 0 Å². The van der Waals surface area contributed by atoms with Gasteiger partial charge in [0.1, 0.15) is 10.8 Å². The van der Waals surface area contributed by atoms with Crippen LogP contribution in [0.5, 0.6) is 0 Å². The second-order valence-electron chi connectivity index (χ2n) is 3.58. The summed E-state index contributed by atoms with van der Waals surface area (Å²) in [6.07, 6.45) is 1.19. The molecule has 0 aromatic carbocycles. The molecule has 3 nitrogen and oxygen atoms in total. The zero-order valence-corrected chi connectivity index (χ0v) is 8.02. The minimum atomic E-state index is -0.141. The van der Waals surface area contributed by atoms with E-state index < -0.39 is 0 Å². The number of Topliss-reactive ketones (excluding diaryl/α,β-unsaturated/α-hetero) is 2. The monoisotopic (exact) mass is 199 g/mol. The Hall–Kier alpha value is -0.830. The maximum absolute atomic E-state index is 11.1. The highest BCUT2D eigenvalue weighted by Gasteiger charge is 2.45. The summed E-state index contributed by atoms with van der Waals surface area (Å²) in [6.45, 7) is 1.43. The van der Waals surface area contributed by atoms with Gasteiger partial charge in [0.2, 0.25) is 0 Å². The Labute approximate surface area is 81.1 Å². The Morgan fingerprint density at radius 3 is 2.69 bits per heavy atom. The van der Waals surface area contributed by atoms with Crippen molar-refractivity contribution in [3.63, 3.8) is 0 Å². The zero-order valence-electron chi connectivity index (χ0n) is 7.26. The van der Waals surface area contributed by atoms with E-state index in [2.05, 4.69) is 5.32 Å². The highest BCUT2D eigenvalue weighted by Crippen LogP contribution is 2.37. The fraction of sp³-hybridized carbons (Fsp3) is 0.556. The third kappa shape index (κ3) is 1.27. The summed E-state index contributed by atoms with van der Waals surface area (Å²) in [5.41, 5.74) is 0.745. The maximum atomic E-state index is 11.1. The molecule has 1 N–H and O–H groups in total. The predicted octanol–water partition coefficient (Wildman–Crippen LogP) is 0.977. The van der Waals surface area contributed by atoms with Crippen LogP contribution in [-0.4, -0.2) is 17.6 Å². The van der Waals surface area contributed by atoms with E-state index in [-0.39, 0.29) is 28.6 Å². The standard InChI is InChI=1S/C9H10ClNO2/c1-4(12)9(10)7-2-5-6(11-7)3-8(5)13/h5-6,11H,2-3H2,1H3/b9-7-. The van der Waals surface area contributed by atoms with Crippen LogP contribution in [-0.2, 0) is 9.59 Å². The topological polar surface area (TPSA) is 46.2 Å². The minimum absolute atomic E-state index is 0.0723. The molecule has 0 aromatic heterocycles. The predicted molar refractivity (Wildman–Crippen MR) is 48.2 cm³/mol. The fourth-order valence-corrected chi connectivity index (χ4v) is 1.98. The summed E-state index contributed by atoms with van der Waals surface area (Å²) in [6, 6.07) is 0.232. The Balaban J connectivity index is 2.18. The SMILES string of the molecule is CC(=O)/C(Cl)=C1\CC2C(=O)CC2N1. The Morgan fingerprint density at radius 1 is 1.54 bits per heavy atom. The van der Waals surface area contributed by atoms with E-state index in [9.17, 15) is 9.59 Å². The van der Waals surface area contributed by atoms with Gasteiger partial charge in [-0.05, 0) is 0 Å². The molecule has 1 heterocycles. The van der Waals surface area contributed by atoms with Crippen molar-refractivity contribution in [1.29, 1.82) is 0 Å². The summed E-state index contributed by atoms with van der Waals surface area (Å²) in [7, 11) is 0. The van der Waals surface area contributed by atoms with Crippen LogP contribution in [0.4, 0.5) is 0 Å². The Kier molecular flexibility index (Phi) is 1.91. The second kappa shape index (κ2) is 2.84. The lowest BCUT2D eigenvalue weighted by Crippen LogP contribution is -2.43. The molecule has 1 aliphatic carbocycles. The first-order valence-electron chi connectivity index (χ1n) is 4.28. The first kappa shape index (κ1) is 8.75. The summed E-state index contributed by atoms with van der Waals surface area (Å²) in [5, 5.41) is 3.36. The van der Waals surface area contributed by atoms with E-state index >= 15 is 0 Å². The maximum Gasteiger partial charge on any atom is 0.172 e. The zero-order chi connectivity index (χ0) is 9.59. The van der Waals surface area contributed by atoms with Gasteiger partial charge < -0.3 is 5.32 Å². The first-order valence-corrected chi connectivity index (χ1v) is 4.66. The van der Waals surface area contributed by atoms with Crippen molar-refractivity contribution in [2.45, 2.75) is 25.8 Å². The summed E-state index contributed by atoms with van der Waals surface area (Å²) in [4.78, 5) is 22.0. The molecule has 0 amide bonds. The van der Waals surface area contributed by atoms with Gasteiger partial charge in [-0.2, -0.15) is 0 Å². The van der Waals surface area contributed by atoms with E-state index in [1.54, 1.807) is 0 Å². The van der Waals surface area contributed by atoms with Crippen molar-refractivity contribution >= 4 is 23.2 Å². The first-order chi connectivity index (χ1) is 6.09. The van der Waals surface area contributed by atoms with Gasteiger partial charge in [-0.25, -0.2) is 0 Å². The van der Waals surface area contributed by atoms with Crippen molar-refractivity contribution in [3.05, 3.63) is 10.7 Å². The molecule has 1 saturated carbocycles. The lowest BCUT2D eigenvalue weighted by atomic mass is 9.79. The van der Waals surface area contributed by atoms with Crippen molar-refractivity contribution in [2.75, 3.05) is 0 Å². The Morgan fingerprint density at radius 2 is 2.23 bits per heavy atom. The number of allylic oxidation sites excluding steroid dienone is 2. The van der Waals surface area contributed by atoms with E-state index in [0.29, 0.717) is 12.8 Å². The number of fused-ring (bicyclic) bond motifs is 1. The van der Waals surface area contributed by atoms with Crippen LogP contribution in [0.25, 0.3) is 0 Å². The number of halogens is 1. The van der Waals surface area contributed by atoms with Gasteiger partial charge in [-0.1, -0.05) is 11.6 Å². The molecule has 4 heteroatoms. The number of hydrogen-bond acceptors (Lipinski definition) is 3. The number of carbonyl (C=O) groups is 2. The van der Waals surface area contributed by atoms with E-state index in [1.807, 2.05) is 0 Å². The van der Waals surface area contributed by atoms with Gasteiger partial charge in [0.05, 0.1) is 0 Å². The summed E-state index contributed by atoms with van der Waals surface area (Å²) >= 11 is 5.78. The molecule has 0 radical (unpaired) electrons. The summed E-state index contributed by atoms with van der Waals surface area (Å²) in [5.74, 6) is 0.210. The van der Waals surface area contributed by atoms with Crippen molar-refractivity contribution in [2.24, 2.45) is 5.92 Å². The molecule has 2 fully saturated rings. The van der Waals surface area contributed by atoms with Gasteiger partial charge >= 0.3 is 0 Å². The van der Waals surface area contributed by atoms with E-state index in [1.165, 1.54) is 6.92 Å². The van der Waals surface area contributed by atoms with Crippen LogP contribution >= 0.6 is 11.6 Å². The minimum Gasteiger partial charge on any atom is -0.383 e. The van der Waals surface area contributed by atoms with Crippen molar-refractivity contribution < 1.29 is 9.59 Å². The molecule has 2 atom stereocenters. The van der Waals surface area contributed by atoms with Gasteiger partial charge in [-0.15, -0.1) is 0 Å². The number of hydrogen-bond donors (Lipinski definition) is 1. The molecular weight excluding hydrogens is 190 g/mol. The van der Waals surface area contributed by atoms with Gasteiger partial charge in [0, 0.05) is 37.4 Å². The lowest BCUT2D eigenvalue weighted by molar-refractivity contribution is -0.129. The third-order valence-corrected chi connectivity index (χ3v) is 3.17. The fourth-order valence-electron chi connectivity index (χ4n) is 1.85.